The molecule has 2 heterocycles. The number of rotatable bonds is 4. The van der Waals surface area contributed by atoms with Crippen LogP contribution in [0.15, 0.2) is 36.5 Å². The first-order valence-electron chi connectivity index (χ1n) is 9.35. The van der Waals surface area contributed by atoms with E-state index in [1.807, 2.05) is 11.0 Å². The Morgan fingerprint density at radius 3 is 2.67 bits per heavy atom. The zero-order valence-corrected chi connectivity index (χ0v) is 15.8. The molecule has 1 N–H and O–H groups in total. The molecule has 5 nitrogen and oxygen atoms in total. The SMILES string of the molecule is COc1ccc(NC2c3cc(F)ccc3N(C(C)=O)C(C3CC3)C2C)cn1. The Labute approximate surface area is 158 Å². The van der Waals surface area contributed by atoms with Crippen LogP contribution in [0.5, 0.6) is 5.88 Å². The average molecular weight is 369 g/mol. The molecule has 1 fully saturated rings. The van der Waals surface area contributed by atoms with Gasteiger partial charge in [-0.25, -0.2) is 9.37 Å². The second-order valence-electron chi connectivity index (χ2n) is 7.49. The number of amides is 1. The quantitative estimate of drug-likeness (QED) is 0.879. The van der Waals surface area contributed by atoms with Gasteiger partial charge < -0.3 is 15.0 Å². The number of benzene rings is 1. The van der Waals surface area contributed by atoms with Crippen molar-refractivity contribution in [2.75, 3.05) is 17.3 Å². The molecular formula is C21H24FN3O2. The lowest BCUT2D eigenvalue weighted by Gasteiger charge is -2.46. The largest absolute Gasteiger partial charge is 0.481 e. The van der Waals surface area contributed by atoms with Gasteiger partial charge in [0, 0.05) is 36.2 Å². The molecule has 142 valence electrons. The standard InChI is InChI=1S/C21H24FN3O2/c1-12-20(24-16-7-9-19(27-3)23-11-16)17-10-15(22)6-8-18(17)25(13(2)26)21(12)14-4-5-14/h6-12,14,20-21,24H,4-5H2,1-3H3. The zero-order valence-electron chi connectivity index (χ0n) is 15.8. The number of nitrogens with one attached hydrogen (secondary N) is 1. The average Bonchev–Trinajstić information content (AvgIpc) is 3.48. The molecule has 0 radical (unpaired) electrons. The van der Waals surface area contributed by atoms with Crippen LogP contribution < -0.4 is 15.0 Å². The van der Waals surface area contributed by atoms with Gasteiger partial charge in [0.1, 0.15) is 5.82 Å². The molecule has 4 rings (SSSR count). The molecule has 0 bridgehead atoms. The van der Waals surface area contributed by atoms with Crippen LogP contribution in [0, 0.1) is 17.7 Å². The zero-order chi connectivity index (χ0) is 19.1. The number of methoxy groups -OCH3 is 1. The Morgan fingerprint density at radius 1 is 1.30 bits per heavy atom. The van der Waals surface area contributed by atoms with Gasteiger partial charge in [-0.15, -0.1) is 0 Å². The summed E-state index contributed by atoms with van der Waals surface area (Å²) < 4.78 is 19.2. The van der Waals surface area contributed by atoms with Gasteiger partial charge in [0.15, 0.2) is 0 Å². The van der Waals surface area contributed by atoms with Crippen LogP contribution in [-0.2, 0) is 4.79 Å². The number of aromatic nitrogens is 1. The maximum Gasteiger partial charge on any atom is 0.224 e. The number of ether oxygens (including phenoxy) is 1. The fourth-order valence-corrected chi connectivity index (χ4v) is 4.30. The van der Waals surface area contributed by atoms with E-state index in [0.29, 0.717) is 11.8 Å². The van der Waals surface area contributed by atoms with E-state index in [4.69, 9.17) is 4.74 Å². The number of hydrogen-bond donors (Lipinski definition) is 1. The number of fused-ring (bicyclic) bond motifs is 1. The molecule has 3 unspecified atom stereocenters. The number of halogens is 1. The minimum atomic E-state index is -0.297. The number of carbonyl (C=O) groups is 1. The summed E-state index contributed by atoms with van der Waals surface area (Å²) in [7, 11) is 1.58. The van der Waals surface area contributed by atoms with Crippen molar-refractivity contribution >= 4 is 17.3 Å². The van der Waals surface area contributed by atoms with Gasteiger partial charge in [0.2, 0.25) is 11.8 Å². The molecule has 1 saturated carbocycles. The Morgan fingerprint density at radius 2 is 2.07 bits per heavy atom. The van der Waals surface area contributed by atoms with Crippen molar-refractivity contribution in [2.45, 2.75) is 38.8 Å². The molecule has 1 aliphatic carbocycles. The van der Waals surface area contributed by atoms with E-state index >= 15 is 0 Å². The van der Waals surface area contributed by atoms with Crippen LogP contribution in [0.1, 0.15) is 38.3 Å². The van der Waals surface area contributed by atoms with E-state index in [2.05, 4.69) is 17.2 Å². The first kappa shape index (κ1) is 17.8. The number of anilines is 2. The summed E-state index contributed by atoms with van der Waals surface area (Å²) in [6.45, 7) is 3.73. The Bertz CT molecular complexity index is 851. The van der Waals surface area contributed by atoms with Crippen LogP contribution in [0.25, 0.3) is 0 Å². The molecular weight excluding hydrogens is 345 g/mol. The molecule has 3 atom stereocenters. The summed E-state index contributed by atoms with van der Waals surface area (Å²) in [4.78, 5) is 18.6. The molecule has 1 aromatic heterocycles. The summed E-state index contributed by atoms with van der Waals surface area (Å²) in [5.41, 5.74) is 2.46. The highest BCUT2D eigenvalue weighted by Gasteiger charge is 2.47. The van der Waals surface area contributed by atoms with Crippen molar-refractivity contribution in [2.24, 2.45) is 11.8 Å². The highest BCUT2D eigenvalue weighted by atomic mass is 19.1. The Kier molecular flexibility index (Phi) is 4.50. The van der Waals surface area contributed by atoms with Gasteiger partial charge in [-0.2, -0.15) is 0 Å². The number of pyridine rings is 1. The third kappa shape index (κ3) is 3.24. The van der Waals surface area contributed by atoms with Crippen molar-refractivity contribution in [1.82, 2.24) is 4.98 Å². The summed E-state index contributed by atoms with van der Waals surface area (Å²) in [5, 5.41) is 3.51. The van der Waals surface area contributed by atoms with Gasteiger partial charge >= 0.3 is 0 Å². The van der Waals surface area contributed by atoms with Gasteiger partial charge in [0.25, 0.3) is 0 Å². The molecule has 6 heteroatoms. The normalized spacial score (nSPS) is 24.3. The van der Waals surface area contributed by atoms with Gasteiger partial charge in [-0.05, 0) is 43.0 Å². The van der Waals surface area contributed by atoms with Crippen LogP contribution in [0.3, 0.4) is 0 Å². The molecule has 0 saturated heterocycles. The van der Waals surface area contributed by atoms with Gasteiger partial charge in [0.05, 0.1) is 25.0 Å². The maximum atomic E-state index is 14.1. The number of carbonyl (C=O) groups excluding carboxylic acids is 1. The predicted molar refractivity (Wildman–Crippen MR) is 102 cm³/mol. The fraction of sp³-hybridized carbons (Fsp3) is 0.429. The third-order valence-electron chi connectivity index (χ3n) is 5.66. The molecule has 0 spiro atoms. The minimum Gasteiger partial charge on any atom is -0.481 e. The van der Waals surface area contributed by atoms with Gasteiger partial charge in [-0.3, -0.25) is 4.79 Å². The molecule has 1 aliphatic heterocycles. The first-order chi connectivity index (χ1) is 13.0. The summed E-state index contributed by atoms with van der Waals surface area (Å²) in [6, 6.07) is 8.41. The lowest BCUT2D eigenvalue weighted by atomic mass is 9.80. The Balaban J connectivity index is 1.75. The second kappa shape index (κ2) is 6.83. The van der Waals surface area contributed by atoms with E-state index in [9.17, 15) is 9.18 Å². The van der Waals surface area contributed by atoms with E-state index in [1.54, 1.807) is 38.4 Å². The monoisotopic (exact) mass is 369 g/mol. The second-order valence-corrected chi connectivity index (χ2v) is 7.49. The summed E-state index contributed by atoms with van der Waals surface area (Å²) in [6.07, 6.45) is 3.98. The topological polar surface area (TPSA) is 54.5 Å². The van der Waals surface area contributed by atoms with Crippen LogP contribution in [-0.4, -0.2) is 24.0 Å². The molecule has 2 aromatic rings. The highest BCUT2D eigenvalue weighted by Crippen LogP contribution is 2.50. The lowest BCUT2D eigenvalue weighted by molar-refractivity contribution is -0.117. The van der Waals surface area contributed by atoms with Crippen LogP contribution in [0.2, 0.25) is 0 Å². The highest BCUT2D eigenvalue weighted by molar-refractivity contribution is 5.94. The van der Waals surface area contributed by atoms with Crippen LogP contribution in [0.4, 0.5) is 15.8 Å². The van der Waals surface area contributed by atoms with E-state index < -0.39 is 0 Å². The first-order valence-corrected chi connectivity index (χ1v) is 9.35. The number of nitrogens with zero attached hydrogens (tertiary/aromatic N) is 2. The van der Waals surface area contributed by atoms with E-state index in [1.165, 1.54) is 6.07 Å². The van der Waals surface area contributed by atoms with Crippen molar-refractivity contribution < 1.29 is 13.9 Å². The molecule has 1 aromatic carbocycles. The minimum absolute atomic E-state index is 0.0103. The van der Waals surface area contributed by atoms with E-state index in [0.717, 1.165) is 29.8 Å². The fourth-order valence-electron chi connectivity index (χ4n) is 4.30. The van der Waals surface area contributed by atoms with E-state index in [-0.39, 0.29) is 29.7 Å². The molecule has 2 aliphatic rings. The Hall–Kier alpha value is -2.63. The van der Waals surface area contributed by atoms with Crippen molar-refractivity contribution in [3.63, 3.8) is 0 Å². The predicted octanol–water partition coefficient (Wildman–Crippen LogP) is 4.16. The molecule has 27 heavy (non-hydrogen) atoms. The number of hydrogen-bond acceptors (Lipinski definition) is 4. The van der Waals surface area contributed by atoms with Crippen molar-refractivity contribution in [1.29, 1.82) is 0 Å². The van der Waals surface area contributed by atoms with Crippen LogP contribution >= 0.6 is 0 Å². The smallest absolute Gasteiger partial charge is 0.224 e. The lowest BCUT2D eigenvalue weighted by Crippen LogP contribution is -2.51. The molecule has 1 amide bonds. The third-order valence-corrected chi connectivity index (χ3v) is 5.66. The van der Waals surface area contributed by atoms with Crippen molar-refractivity contribution in [3.8, 4) is 5.88 Å². The van der Waals surface area contributed by atoms with Gasteiger partial charge in [-0.1, -0.05) is 6.92 Å². The van der Waals surface area contributed by atoms with Crippen molar-refractivity contribution in [3.05, 3.63) is 47.9 Å². The summed E-state index contributed by atoms with van der Waals surface area (Å²) in [5.74, 6) is 0.894. The maximum absolute atomic E-state index is 14.1. The summed E-state index contributed by atoms with van der Waals surface area (Å²) >= 11 is 0.